The van der Waals surface area contributed by atoms with Crippen molar-refractivity contribution in [2.24, 2.45) is 23.7 Å². The zero-order valence-electron chi connectivity index (χ0n) is 10.1. The molecule has 2 saturated carbocycles. The molecule has 2 N–H and O–H groups in total. The topological polar surface area (TPSA) is 49.3 Å². The monoisotopic (exact) mass is 225 g/mol. The SMILES string of the molecule is CC(CO)CCCNC(=O)C1CC2CC2C1. The van der Waals surface area contributed by atoms with Crippen LogP contribution in [-0.4, -0.2) is 24.2 Å². The van der Waals surface area contributed by atoms with Crippen molar-refractivity contribution in [2.45, 2.75) is 39.0 Å². The molecule has 2 rings (SSSR count). The Balaban J connectivity index is 1.54. The largest absolute Gasteiger partial charge is 0.396 e. The second-order valence-electron chi connectivity index (χ2n) is 5.65. The maximum Gasteiger partial charge on any atom is 0.223 e. The van der Waals surface area contributed by atoms with Gasteiger partial charge in [-0.15, -0.1) is 0 Å². The minimum absolute atomic E-state index is 0.250. The van der Waals surface area contributed by atoms with E-state index >= 15 is 0 Å². The van der Waals surface area contributed by atoms with Crippen LogP contribution in [0, 0.1) is 23.7 Å². The number of hydrogen-bond donors (Lipinski definition) is 2. The van der Waals surface area contributed by atoms with E-state index in [1.807, 2.05) is 6.92 Å². The molecule has 0 aromatic rings. The van der Waals surface area contributed by atoms with Crippen LogP contribution in [0.3, 0.4) is 0 Å². The number of fused-ring (bicyclic) bond motifs is 1. The molecule has 0 aromatic heterocycles. The number of nitrogens with one attached hydrogen (secondary N) is 1. The molecule has 0 radical (unpaired) electrons. The normalized spacial score (nSPS) is 33.2. The number of amides is 1. The smallest absolute Gasteiger partial charge is 0.223 e. The molecule has 0 spiro atoms. The number of carbonyl (C=O) groups is 1. The summed E-state index contributed by atoms with van der Waals surface area (Å²) < 4.78 is 0. The highest BCUT2D eigenvalue weighted by Crippen LogP contribution is 2.54. The van der Waals surface area contributed by atoms with Crippen LogP contribution in [0.5, 0.6) is 0 Å². The van der Waals surface area contributed by atoms with Crippen molar-refractivity contribution in [1.29, 1.82) is 0 Å². The molecule has 1 amide bonds. The first-order valence-electron chi connectivity index (χ1n) is 6.59. The van der Waals surface area contributed by atoms with Crippen LogP contribution < -0.4 is 5.32 Å². The van der Waals surface area contributed by atoms with E-state index in [1.54, 1.807) is 0 Å². The van der Waals surface area contributed by atoms with Crippen LogP contribution in [0.25, 0.3) is 0 Å². The summed E-state index contributed by atoms with van der Waals surface area (Å²) in [5.74, 6) is 2.69. The van der Waals surface area contributed by atoms with Gasteiger partial charge in [-0.25, -0.2) is 0 Å². The molecule has 0 heterocycles. The molecule has 3 unspecified atom stereocenters. The second kappa shape index (κ2) is 5.17. The molecule has 3 nitrogen and oxygen atoms in total. The second-order valence-corrected chi connectivity index (χ2v) is 5.65. The number of hydrogen-bond acceptors (Lipinski definition) is 2. The van der Waals surface area contributed by atoms with Gasteiger partial charge in [0.25, 0.3) is 0 Å². The van der Waals surface area contributed by atoms with Gasteiger partial charge in [0.15, 0.2) is 0 Å². The molecule has 92 valence electrons. The molecule has 2 fully saturated rings. The third-order valence-electron chi connectivity index (χ3n) is 4.10. The van der Waals surface area contributed by atoms with Gasteiger partial charge in [0.1, 0.15) is 0 Å². The lowest BCUT2D eigenvalue weighted by atomic mass is 10.0. The van der Waals surface area contributed by atoms with Crippen molar-refractivity contribution in [1.82, 2.24) is 5.32 Å². The highest BCUT2D eigenvalue weighted by molar-refractivity contribution is 5.79. The molecule has 0 aliphatic heterocycles. The van der Waals surface area contributed by atoms with Crippen molar-refractivity contribution < 1.29 is 9.90 Å². The van der Waals surface area contributed by atoms with Gasteiger partial charge in [-0.1, -0.05) is 6.92 Å². The first kappa shape index (κ1) is 11.9. The number of aliphatic hydroxyl groups is 1. The van der Waals surface area contributed by atoms with E-state index < -0.39 is 0 Å². The molecule has 0 aromatic carbocycles. The van der Waals surface area contributed by atoms with Crippen molar-refractivity contribution >= 4 is 5.91 Å². The predicted molar refractivity (Wildman–Crippen MR) is 62.8 cm³/mol. The van der Waals surface area contributed by atoms with Gasteiger partial charge < -0.3 is 10.4 Å². The Hall–Kier alpha value is -0.570. The lowest BCUT2D eigenvalue weighted by Crippen LogP contribution is -2.31. The fraction of sp³-hybridized carbons (Fsp3) is 0.923. The maximum absolute atomic E-state index is 11.8. The van der Waals surface area contributed by atoms with E-state index in [4.69, 9.17) is 5.11 Å². The van der Waals surface area contributed by atoms with Gasteiger partial charge in [0.2, 0.25) is 5.91 Å². The van der Waals surface area contributed by atoms with Crippen LogP contribution in [0.4, 0.5) is 0 Å². The van der Waals surface area contributed by atoms with Crippen molar-refractivity contribution in [3.63, 3.8) is 0 Å². The van der Waals surface area contributed by atoms with E-state index in [9.17, 15) is 4.79 Å². The fourth-order valence-electron chi connectivity index (χ4n) is 2.83. The van der Waals surface area contributed by atoms with Gasteiger partial charge in [0.05, 0.1) is 0 Å². The Morgan fingerprint density at radius 2 is 2.06 bits per heavy atom. The van der Waals surface area contributed by atoms with Crippen molar-refractivity contribution in [3.05, 3.63) is 0 Å². The van der Waals surface area contributed by atoms with Crippen LogP contribution in [-0.2, 0) is 4.79 Å². The van der Waals surface area contributed by atoms with Crippen LogP contribution in [0.15, 0.2) is 0 Å². The Morgan fingerprint density at radius 3 is 2.69 bits per heavy atom. The Bertz CT molecular complexity index is 244. The van der Waals surface area contributed by atoms with Crippen LogP contribution in [0.1, 0.15) is 39.0 Å². The van der Waals surface area contributed by atoms with Crippen LogP contribution in [0.2, 0.25) is 0 Å². The quantitative estimate of drug-likeness (QED) is 0.674. The Morgan fingerprint density at radius 1 is 1.38 bits per heavy atom. The predicted octanol–water partition coefficient (Wildman–Crippen LogP) is 1.56. The molecule has 3 atom stereocenters. The summed E-state index contributed by atoms with van der Waals surface area (Å²) in [6.45, 7) is 3.06. The molecule has 2 aliphatic carbocycles. The van der Waals surface area contributed by atoms with E-state index in [2.05, 4.69) is 5.32 Å². The zero-order chi connectivity index (χ0) is 11.5. The highest BCUT2D eigenvalue weighted by atomic mass is 16.3. The summed E-state index contributed by atoms with van der Waals surface area (Å²) in [6, 6.07) is 0. The first-order valence-corrected chi connectivity index (χ1v) is 6.59. The van der Waals surface area contributed by atoms with Gasteiger partial charge in [-0.3, -0.25) is 4.79 Å². The Kier molecular flexibility index (Phi) is 3.85. The number of carbonyl (C=O) groups excluding carboxylic acids is 1. The van der Waals surface area contributed by atoms with E-state index in [0.717, 1.165) is 44.1 Å². The molecular weight excluding hydrogens is 202 g/mol. The van der Waals surface area contributed by atoms with Crippen molar-refractivity contribution in [3.8, 4) is 0 Å². The average molecular weight is 225 g/mol. The fourth-order valence-corrected chi connectivity index (χ4v) is 2.83. The van der Waals surface area contributed by atoms with E-state index in [0.29, 0.717) is 11.8 Å². The van der Waals surface area contributed by atoms with E-state index in [1.165, 1.54) is 6.42 Å². The summed E-state index contributed by atoms with van der Waals surface area (Å²) in [6.07, 6.45) is 5.60. The van der Waals surface area contributed by atoms with Gasteiger partial charge in [-0.05, 0) is 49.9 Å². The first-order chi connectivity index (χ1) is 7.70. The van der Waals surface area contributed by atoms with Gasteiger partial charge in [0, 0.05) is 19.1 Å². The van der Waals surface area contributed by atoms with Gasteiger partial charge in [-0.2, -0.15) is 0 Å². The lowest BCUT2D eigenvalue weighted by Gasteiger charge is -2.13. The summed E-state index contributed by atoms with van der Waals surface area (Å²) in [5, 5.41) is 11.9. The average Bonchev–Trinajstić information content (AvgIpc) is 2.91. The lowest BCUT2D eigenvalue weighted by molar-refractivity contribution is -0.125. The molecule has 3 heteroatoms. The van der Waals surface area contributed by atoms with Gasteiger partial charge >= 0.3 is 0 Å². The third-order valence-corrected chi connectivity index (χ3v) is 4.10. The summed E-state index contributed by atoms with van der Waals surface area (Å²) in [4.78, 5) is 11.8. The minimum Gasteiger partial charge on any atom is -0.396 e. The zero-order valence-corrected chi connectivity index (χ0v) is 10.1. The van der Waals surface area contributed by atoms with Crippen molar-refractivity contribution in [2.75, 3.05) is 13.2 Å². The van der Waals surface area contributed by atoms with Crippen LogP contribution >= 0.6 is 0 Å². The third kappa shape index (κ3) is 2.97. The molecule has 2 aliphatic rings. The number of rotatable bonds is 6. The Labute approximate surface area is 97.6 Å². The molecular formula is C13H23NO2. The summed E-state index contributed by atoms with van der Waals surface area (Å²) in [5.41, 5.74) is 0. The standard InChI is InChI=1S/C13H23NO2/c1-9(8-15)3-2-4-14-13(16)12-6-10-5-11(10)7-12/h9-12,15H,2-8H2,1H3,(H,14,16). The maximum atomic E-state index is 11.8. The minimum atomic E-state index is 0.250. The summed E-state index contributed by atoms with van der Waals surface area (Å²) >= 11 is 0. The summed E-state index contributed by atoms with van der Waals surface area (Å²) in [7, 11) is 0. The number of aliphatic hydroxyl groups excluding tert-OH is 1. The van der Waals surface area contributed by atoms with E-state index in [-0.39, 0.29) is 12.5 Å². The highest BCUT2D eigenvalue weighted by Gasteiger charge is 2.47. The molecule has 0 bridgehead atoms. The molecule has 16 heavy (non-hydrogen) atoms. The molecule has 0 saturated heterocycles.